The van der Waals surface area contributed by atoms with Crippen molar-refractivity contribution in [2.45, 2.75) is 32.2 Å². The van der Waals surface area contributed by atoms with Crippen molar-refractivity contribution in [2.24, 2.45) is 0 Å². The van der Waals surface area contributed by atoms with E-state index in [1.807, 2.05) is 23.1 Å². The van der Waals surface area contributed by atoms with Crippen LogP contribution in [0.4, 0.5) is 5.69 Å². The molecule has 4 heteroatoms. The van der Waals surface area contributed by atoms with Crippen LogP contribution in [0.3, 0.4) is 0 Å². The monoisotopic (exact) mass is 272 g/mol. The van der Waals surface area contributed by atoms with Gasteiger partial charge in [-0.15, -0.1) is 0 Å². The van der Waals surface area contributed by atoms with Gasteiger partial charge in [0.25, 0.3) is 0 Å². The summed E-state index contributed by atoms with van der Waals surface area (Å²) in [4.78, 5) is 25.3. The summed E-state index contributed by atoms with van der Waals surface area (Å²) in [5.41, 5.74) is 2.22. The van der Waals surface area contributed by atoms with Crippen LogP contribution in [0.5, 0.6) is 0 Å². The zero-order valence-electron chi connectivity index (χ0n) is 11.8. The number of para-hydroxylation sites is 1. The van der Waals surface area contributed by atoms with Gasteiger partial charge in [0.1, 0.15) is 0 Å². The molecule has 0 fully saturated rings. The van der Waals surface area contributed by atoms with Crippen LogP contribution in [0, 0.1) is 0 Å². The number of carbonyl (C=O) groups is 2. The molecular weight excluding hydrogens is 252 g/mol. The van der Waals surface area contributed by atoms with Crippen molar-refractivity contribution in [2.75, 3.05) is 11.4 Å². The van der Waals surface area contributed by atoms with E-state index in [0.29, 0.717) is 13.0 Å². The first-order valence-electron chi connectivity index (χ1n) is 6.93. The van der Waals surface area contributed by atoms with E-state index in [9.17, 15) is 9.59 Å². The number of aryl methyl sites for hydroxylation is 1. The van der Waals surface area contributed by atoms with Gasteiger partial charge in [-0.2, -0.15) is 0 Å². The minimum atomic E-state index is -0.245. The van der Waals surface area contributed by atoms with E-state index in [2.05, 4.69) is 24.9 Å². The van der Waals surface area contributed by atoms with Gasteiger partial charge >= 0.3 is 0 Å². The Hall–Kier alpha value is -2.10. The highest BCUT2D eigenvalue weighted by Gasteiger charge is 2.27. The maximum atomic E-state index is 12.4. The molecule has 1 atom stereocenters. The van der Waals surface area contributed by atoms with Gasteiger partial charge < -0.3 is 10.2 Å². The van der Waals surface area contributed by atoms with Crippen molar-refractivity contribution in [3.8, 4) is 0 Å². The number of anilines is 1. The molecule has 0 radical (unpaired) electrons. The van der Waals surface area contributed by atoms with Crippen molar-refractivity contribution < 1.29 is 9.59 Å². The molecule has 0 bridgehead atoms. The fraction of sp³-hybridized carbons (Fsp3) is 0.375. The van der Waals surface area contributed by atoms with Crippen molar-refractivity contribution >= 4 is 17.5 Å². The third kappa shape index (κ3) is 3.07. The van der Waals surface area contributed by atoms with E-state index in [0.717, 1.165) is 18.5 Å². The maximum Gasteiger partial charge on any atom is 0.243 e. The second kappa shape index (κ2) is 6.37. The third-order valence-electron chi connectivity index (χ3n) is 3.62. The molecule has 1 aliphatic rings. The Morgan fingerprint density at radius 3 is 2.95 bits per heavy atom. The summed E-state index contributed by atoms with van der Waals surface area (Å²) in [6.45, 7) is 5.79. The van der Waals surface area contributed by atoms with Gasteiger partial charge in [0.2, 0.25) is 11.8 Å². The Morgan fingerprint density at radius 2 is 2.20 bits per heavy atom. The summed E-state index contributed by atoms with van der Waals surface area (Å²) in [5.74, 6) is -0.195. The molecular formula is C16H20N2O2. The lowest BCUT2D eigenvalue weighted by Gasteiger charge is -2.35. The molecule has 2 amide bonds. The standard InChI is InChI=1S/C16H20N2O2/c1-3-15(19)17-11-10-16(20)18-12(2)8-9-13-6-4-5-7-14(13)18/h3-7,12H,1,8-11H2,2H3,(H,17,19). The van der Waals surface area contributed by atoms with Gasteiger partial charge in [-0.3, -0.25) is 9.59 Å². The quantitative estimate of drug-likeness (QED) is 0.853. The van der Waals surface area contributed by atoms with E-state index in [1.54, 1.807) is 0 Å². The van der Waals surface area contributed by atoms with Gasteiger partial charge in [0.05, 0.1) is 0 Å². The zero-order chi connectivity index (χ0) is 14.5. The number of carbonyl (C=O) groups excluding carboxylic acids is 2. The first kappa shape index (κ1) is 14.3. The Labute approximate surface area is 119 Å². The van der Waals surface area contributed by atoms with Crippen LogP contribution in [0.1, 0.15) is 25.3 Å². The number of rotatable bonds is 4. The highest BCUT2D eigenvalue weighted by atomic mass is 16.2. The van der Waals surface area contributed by atoms with Gasteiger partial charge in [-0.05, 0) is 37.5 Å². The number of amides is 2. The lowest BCUT2D eigenvalue weighted by Crippen LogP contribution is -2.43. The van der Waals surface area contributed by atoms with E-state index in [1.165, 1.54) is 11.6 Å². The van der Waals surface area contributed by atoms with Crippen molar-refractivity contribution in [1.29, 1.82) is 0 Å². The summed E-state index contributed by atoms with van der Waals surface area (Å²) in [7, 11) is 0. The number of nitrogens with zero attached hydrogens (tertiary/aromatic N) is 1. The molecule has 0 aliphatic carbocycles. The van der Waals surface area contributed by atoms with Crippen molar-refractivity contribution in [3.05, 3.63) is 42.5 Å². The fourth-order valence-electron chi connectivity index (χ4n) is 2.55. The molecule has 0 aromatic heterocycles. The Balaban J connectivity index is 2.05. The Morgan fingerprint density at radius 1 is 1.45 bits per heavy atom. The van der Waals surface area contributed by atoms with Gasteiger partial charge in [-0.25, -0.2) is 0 Å². The lowest BCUT2D eigenvalue weighted by atomic mass is 9.96. The summed E-state index contributed by atoms with van der Waals surface area (Å²) >= 11 is 0. The van der Waals surface area contributed by atoms with Crippen LogP contribution in [-0.2, 0) is 16.0 Å². The molecule has 4 nitrogen and oxygen atoms in total. The number of hydrogen-bond donors (Lipinski definition) is 1. The fourth-order valence-corrected chi connectivity index (χ4v) is 2.55. The number of nitrogens with one attached hydrogen (secondary N) is 1. The number of benzene rings is 1. The first-order valence-corrected chi connectivity index (χ1v) is 6.93. The summed E-state index contributed by atoms with van der Waals surface area (Å²) in [6, 6.07) is 8.22. The minimum Gasteiger partial charge on any atom is -0.352 e. The molecule has 2 rings (SSSR count). The topological polar surface area (TPSA) is 49.4 Å². The normalized spacial score (nSPS) is 17.2. The number of hydrogen-bond acceptors (Lipinski definition) is 2. The maximum absolute atomic E-state index is 12.4. The smallest absolute Gasteiger partial charge is 0.243 e. The van der Waals surface area contributed by atoms with Crippen LogP contribution in [0.15, 0.2) is 36.9 Å². The molecule has 1 aliphatic heterocycles. The second-order valence-electron chi connectivity index (χ2n) is 5.03. The van der Waals surface area contributed by atoms with E-state index < -0.39 is 0 Å². The van der Waals surface area contributed by atoms with E-state index in [4.69, 9.17) is 0 Å². The van der Waals surface area contributed by atoms with Gasteiger partial charge in [0.15, 0.2) is 0 Å². The summed E-state index contributed by atoms with van der Waals surface area (Å²) in [5, 5.41) is 2.64. The molecule has 1 heterocycles. The minimum absolute atomic E-state index is 0.0500. The molecule has 20 heavy (non-hydrogen) atoms. The first-order chi connectivity index (χ1) is 9.63. The molecule has 1 aromatic rings. The van der Waals surface area contributed by atoms with E-state index >= 15 is 0 Å². The summed E-state index contributed by atoms with van der Waals surface area (Å²) in [6.07, 6.45) is 3.50. The molecule has 0 saturated heterocycles. The van der Waals surface area contributed by atoms with E-state index in [-0.39, 0.29) is 17.9 Å². The van der Waals surface area contributed by atoms with Crippen LogP contribution >= 0.6 is 0 Å². The Bertz CT molecular complexity index is 525. The molecule has 1 aromatic carbocycles. The Kier molecular flexibility index (Phi) is 4.56. The molecule has 1 N–H and O–H groups in total. The largest absolute Gasteiger partial charge is 0.352 e. The van der Waals surface area contributed by atoms with Crippen LogP contribution < -0.4 is 10.2 Å². The lowest BCUT2D eigenvalue weighted by molar-refractivity contribution is -0.119. The van der Waals surface area contributed by atoms with Crippen molar-refractivity contribution in [3.63, 3.8) is 0 Å². The van der Waals surface area contributed by atoms with Crippen molar-refractivity contribution in [1.82, 2.24) is 5.32 Å². The zero-order valence-corrected chi connectivity index (χ0v) is 11.8. The number of fused-ring (bicyclic) bond motifs is 1. The predicted octanol–water partition coefficient (Wildman–Crippen LogP) is 2.05. The highest BCUT2D eigenvalue weighted by molar-refractivity contribution is 5.95. The molecule has 0 spiro atoms. The van der Waals surface area contributed by atoms with Crippen LogP contribution in [-0.4, -0.2) is 24.4 Å². The summed E-state index contributed by atoms with van der Waals surface area (Å²) < 4.78 is 0. The van der Waals surface area contributed by atoms with Crippen LogP contribution in [0.25, 0.3) is 0 Å². The van der Waals surface area contributed by atoms with Crippen LogP contribution in [0.2, 0.25) is 0 Å². The molecule has 106 valence electrons. The predicted molar refractivity (Wildman–Crippen MR) is 79.5 cm³/mol. The molecule has 0 saturated carbocycles. The highest BCUT2D eigenvalue weighted by Crippen LogP contribution is 2.30. The molecule has 1 unspecified atom stereocenters. The SMILES string of the molecule is C=CC(=O)NCCC(=O)N1c2ccccc2CCC1C. The third-order valence-corrected chi connectivity index (χ3v) is 3.62. The van der Waals surface area contributed by atoms with Gasteiger partial charge in [-0.1, -0.05) is 24.8 Å². The van der Waals surface area contributed by atoms with Gasteiger partial charge in [0, 0.05) is 24.7 Å². The average molecular weight is 272 g/mol. The second-order valence-corrected chi connectivity index (χ2v) is 5.03. The average Bonchev–Trinajstić information content (AvgIpc) is 2.46.